The van der Waals surface area contributed by atoms with Gasteiger partial charge in [0.25, 0.3) is 0 Å². The van der Waals surface area contributed by atoms with Crippen LogP contribution in [0.1, 0.15) is 58.8 Å². The van der Waals surface area contributed by atoms with Crippen LogP contribution in [0, 0.1) is 23.7 Å². The van der Waals surface area contributed by atoms with E-state index in [9.17, 15) is 4.79 Å². The van der Waals surface area contributed by atoms with E-state index in [1.165, 1.54) is 38.5 Å². The smallest absolute Gasteiger partial charge is 0.136 e. The zero-order valence-electron chi connectivity index (χ0n) is 10.2. The maximum atomic E-state index is 12.1. The van der Waals surface area contributed by atoms with Gasteiger partial charge in [-0.2, -0.15) is 0 Å². The van der Waals surface area contributed by atoms with Gasteiger partial charge in [-0.05, 0) is 37.0 Å². The van der Waals surface area contributed by atoms with Gasteiger partial charge in [-0.3, -0.25) is 4.79 Å². The van der Waals surface area contributed by atoms with E-state index in [1.807, 2.05) is 0 Å². The summed E-state index contributed by atoms with van der Waals surface area (Å²) in [7, 11) is 0. The second kappa shape index (κ2) is 4.67. The summed E-state index contributed by atoms with van der Waals surface area (Å²) >= 11 is 0. The molecule has 0 spiro atoms. The van der Waals surface area contributed by atoms with E-state index in [2.05, 4.69) is 13.8 Å². The maximum Gasteiger partial charge on any atom is 0.136 e. The van der Waals surface area contributed by atoms with Gasteiger partial charge in [-0.25, -0.2) is 0 Å². The molecule has 2 saturated carbocycles. The molecule has 0 aromatic carbocycles. The average Bonchev–Trinajstić information content (AvgIpc) is 2.78. The Balaban J connectivity index is 1.81. The first kappa shape index (κ1) is 11.2. The van der Waals surface area contributed by atoms with Crippen LogP contribution in [0.15, 0.2) is 0 Å². The van der Waals surface area contributed by atoms with E-state index in [0.29, 0.717) is 17.6 Å². The van der Waals surface area contributed by atoms with Crippen molar-refractivity contribution in [3.63, 3.8) is 0 Å². The predicted molar refractivity (Wildman–Crippen MR) is 62.6 cm³/mol. The molecule has 0 amide bonds. The summed E-state index contributed by atoms with van der Waals surface area (Å²) in [5.74, 6) is 3.34. The molecule has 2 aliphatic carbocycles. The van der Waals surface area contributed by atoms with Crippen LogP contribution >= 0.6 is 0 Å². The van der Waals surface area contributed by atoms with Crippen LogP contribution in [-0.4, -0.2) is 5.78 Å². The highest BCUT2D eigenvalue weighted by Crippen LogP contribution is 2.49. The average molecular weight is 208 g/mol. The molecular weight excluding hydrogens is 184 g/mol. The molecule has 0 N–H and O–H groups in total. The number of Topliss-reactive ketones (excluding diaryl/α,β-unsaturated/α-hetero) is 1. The third kappa shape index (κ3) is 2.43. The van der Waals surface area contributed by atoms with Crippen LogP contribution in [0.25, 0.3) is 0 Å². The van der Waals surface area contributed by atoms with Crippen LogP contribution < -0.4 is 0 Å². The fraction of sp³-hybridized carbons (Fsp3) is 0.929. The highest BCUT2D eigenvalue weighted by molar-refractivity contribution is 5.82. The fourth-order valence-electron chi connectivity index (χ4n) is 3.73. The van der Waals surface area contributed by atoms with Crippen LogP contribution in [-0.2, 0) is 4.79 Å². The molecule has 1 nitrogen and oxygen atoms in total. The van der Waals surface area contributed by atoms with Crippen molar-refractivity contribution in [3.8, 4) is 0 Å². The van der Waals surface area contributed by atoms with Gasteiger partial charge in [0.15, 0.2) is 0 Å². The Morgan fingerprint density at radius 1 is 1.33 bits per heavy atom. The number of carbonyl (C=O) groups excluding carboxylic acids is 1. The second-order valence-electron chi connectivity index (χ2n) is 5.85. The van der Waals surface area contributed by atoms with Crippen molar-refractivity contribution >= 4 is 5.78 Å². The Morgan fingerprint density at radius 2 is 2.13 bits per heavy atom. The van der Waals surface area contributed by atoms with Gasteiger partial charge >= 0.3 is 0 Å². The first-order valence-corrected chi connectivity index (χ1v) is 6.73. The number of hydrogen-bond acceptors (Lipinski definition) is 1. The summed E-state index contributed by atoms with van der Waals surface area (Å²) in [6.45, 7) is 4.44. The fourth-order valence-corrected chi connectivity index (χ4v) is 3.73. The van der Waals surface area contributed by atoms with Crippen molar-refractivity contribution in [2.45, 2.75) is 58.8 Å². The molecule has 86 valence electrons. The normalized spacial score (nSPS) is 35.7. The summed E-state index contributed by atoms with van der Waals surface area (Å²) in [4.78, 5) is 12.1. The number of fused-ring (bicyclic) bond motifs is 2. The molecule has 2 rings (SSSR count). The highest BCUT2D eigenvalue weighted by Gasteiger charge is 2.42. The Labute approximate surface area is 93.6 Å². The largest absolute Gasteiger partial charge is 0.299 e. The highest BCUT2D eigenvalue weighted by atomic mass is 16.1. The number of ketones is 1. The van der Waals surface area contributed by atoms with Crippen LogP contribution in [0.3, 0.4) is 0 Å². The van der Waals surface area contributed by atoms with Crippen molar-refractivity contribution in [2.24, 2.45) is 23.7 Å². The van der Waals surface area contributed by atoms with E-state index in [4.69, 9.17) is 0 Å². The third-order valence-electron chi connectivity index (χ3n) is 4.48. The van der Waals surface area contributed by atoms with Crippen LogP contribution in [0.4, 0.5) is 0 Å². The standard InChI is InChI=1S/C14H24O/c1-3-4-10(2)7-14(15)13-9-11-5-6-12(13)8-11/h10-13H,3-9H2,1-2H3. The quantitative estimate of drug-likeness (QED) is 0.671. The van der Waals surface area contributed by atoms with Crippen molar-refractivity contribution in [1.29, 1.82) is 0 Å². The number of rotatable bonds is 5. The van der Waals surface area contributed by atoms with E-state index in [1.54, 1.807) is 0 Å². The Bertz CT molecular complexity index is 233. The molecule has 0 saturated heterocycles. The summed E-state index contributed by atoms with van der Waals surface area (Å²) in [6, 6.07) is 0. The second-order valence-corrected chi connectivity index (χ2v) is 5.85. The summed E-state index contributed by atoms with van der Waals surface area (Å²) < 4.78 is 0. The van der Waals surface area contributed by atoms with Gasteiger partial charge in [-0.15, -0.1) is 0 Å². The minimum Gasteiger partial charge on any atom is -0.299 e. The van der Waals surface area contributed by atoms with Crippen molar-refractivity contribution in [3.05, 3.63) is 0 Å². The first-order chi connectivity index (χ1) is 7.20. The minimum atomic E-state index is 0.461. The van der Waals surface area contributed by atoms with E-state index >= 15 is 0 Å². The molecule has 2 aliphatic rings. The maximum absolute atomic E-state index is 12.1. The Morgan fingerprint density at radius 3 is 2.67 bits per heavy atom. The molecular formula is C14H24O. The van der Waals surface area contributed by atoms with Crippen molar-refractivity contribution in [1.82, 2.24) is 0 Å². The predicted octanol–water partition coefficient (Wildman–Crippen LogP) is 3.82. The van der Waals surface area contributed by atoms with Crippen LogP contribution in [0.5, 0.6) is 0 Å². The lowest BCUT2D eigenvalue weighted by molar-refractivity contribution is -0.125. The molecule has 2 bridgehead atoms. The van der Waals surface area contributed by atoms with E-state index in [-0.39, 0.29) is 0 Å². The van der Waals surface area contributed by atoms with E-state index < -0.39 is 0 Å². The van der Waals surface area contributed by atoms with Gasteiger partial charge in [0, 0.05) is 12.3 Å². The minimum absolute atomic E-state index is 0.461. The molecule has 0 aromatic rings. The van der Waals surface area contributed by atoms with Gasteiger partial charge in [0.05, 0.1) is 0 Å². The molecule has 1 heteroatoms. The summed E-state index contributed by atoms with van der Waals surface area (Å²) in [6.07, 6.45) is 8.60. The molecule has 0 aliphatic heterocycles. The molecule has 0 heterocycles. The summed E-state index contributed by atoms with van der Waals surface area (Å²) in [5.41, 5.74) is 0. The topological polar surface area (TPSA) is 17.1 Å². The van der Waals surface area contributed by atoms with Gasteiger partial charge in [-0.1, -0.05) is 33.1 Å². The SMILES string of the molecule is CCCC(C)CC(=O)C1CC2CCC1C2. The molecule has 0 radical (unpaired) electrons. The molecule has 15 heavy (non-hydrogen) atoms. The van der Waals surface area contributed by atoms with Gasteiger partial charge < -0.3 is 0 Å². The Kier molecular flexibility index (Phi) is 3.48. The lowest BCUT2D eigenvalue weighted by atomic mass is 9.82. The summed E-state index contributed by atoms with van der Waals surface area (Å²) in [5, 5.41) is 0. The first-order valence-electron chi connectivity index (χ1n) is 6.73. The lowest BCUT2D eigenvalue weighted by Gasteiger charge is -2.21. The number of hydrogen-bond donors (Lipinski definition) is 0. The zero-order valence-corrected chi connectivity index (χ0v) is 10.2. The molecule has 4 atom stereocenters. The van der Waals surface area contributed by atoms with Crippen molar-refractivity contribution in [2.75, 3.05) is 0 Å². The van der Waals surface area contributed by atoms with Crippen molar-refractivity contribution < 1.29 is 4.79 Å². The van der Waals surface area contributed by atoms with Gasteiger partial charge in [0.2, 0.25) is 0 Å². The molecule has 2 fully saturated rings. The monoisotopic (exact) mass is 208 g/mol. The van der Waals surface area contributed by atoms with E-state index in [0.717, 1.165) is 18.3 Å². The third-order valence-corrected chi connectivity index (χ3v) is 4.48. The number of carbonyl (C=O) groups is 1. The zero-order chi connectivity index (χ0) is 10.8. The molecule has 4 unspecified atom stereocenters. The Hall–Kier alpha value is -0.330. The molecule has 0 aromatic heterocycles. The lowest BCUT2D eigenvalue weighted by Crippen LogP contribution is -2.22. The van der Waals surface area contributed by atoms with Crippen LogP contribution in [0.2, 0.25) is 0 Å². The van der Waals surface area contributed by atoms with Gasteiger partial charge in [0.1, 0.15) is 5.78 Å².